The summed E-state index contributed by atoms with van der Waals surface area (Å²) in [5.74, 6) is 0.579. The molecule has 3 aromatic carbocycles. The highest BCUT2D eigenvalue weighted by atomic mass is 16.5. The van der Waals surface area contributed by atoms with Gasteiger partial charge in [0.05, 0.1) is 13.5 Å². The summed E-state index contributed by atoms with van der Waals surface area (Å²) in [4.78, 5) is 30.5. The van der Waals surface area contributed by atoms with Gasteiger partial charge in [0.15, 0.2) is 0 Å². The molecule has 0 atom stereocenters. The fraction of sp³-hybridized carbons (Fsp3) is 0.241. The highest BCUT2D eigenvalue weighted by Gasteiger charge is 2.29. The number of aryl methyl sites for hydroxylation is 1. The zero-order valence-corrected chi connectivity index (χ0v) is 20.5. The first-order valence-electron chi connectivity index (χ1n) is 12.1. The summed E-state index contributed by atoms with van der Waals surface area (Å²) in [7, 11) is 1.65. The molecule has 4 aromatic rings. The Labute approximate surface area is 210 Å². The van der Waals surface area contributed by atoms with Crippen molar-refractivity contribution < 1.29 is 18.7 Å². The van der Waals surface area contributed by atoms with Crippen LogP contribution in [-0.4, -0.2) is 50.0 Å². The first-order chi connectivity index (χ1) is 17.5. The van der Waals surface area contributed by atoms with Crippen molar-refractivity contribution in [3.8, 4) is 5.75 Å². The molecule has 1 aliphatic heterocycles. The minimum absolute atomic E-state index is 0.173. The number of carbonyl (C=O) groups is 2. The number of nitrogens with zero attached hydrogens (tertiary/aromatic N) is 2. The molecule has 7 heteroatoms. The minimum Gasteiger partial charge on any atom is -0.497 e. The molecule has 7 nitrogen and oxygen atoms in total. The number of hydrogen-bond acceptors (Lipinski definition) is 5. The maximum absolute atomic E-state index is 13.5. The van der Waals surface area contributed by atoms with Gasteiger partial charge in [-0.3, -0.25) is 9.59 Å². The molecule has 0 spiro atoms. The maximum atomic E-state index is 13.5. The van der Waals surface area contributed by atoms with Gasteiger partial charge in [-0.15, -0.1) is 0 Å². The van der Waals surface area contributed by atoms with Crippen molar-refractivity contribution in [2.75, 3.05) is 43.5 Å². The van der Waals surface area contributed by atoms with Crippen LogP contribution in [0.4, 0.5) is 11.4 Å². The molecular formula is C29H29N3O4. The second kappa shape index (κ2) is 10.2. The Hall–Kier alpha value is -4.26. The van der Waals surface area contributed by atoms with Crippen molar-refractivity contribution in [1.82, 2.24) is 4.90 Å². The van der Waals surface area contributed by atoms with Crippen LogP contribution in [-0.2, 0) is 11.2 Å². The quantitative estimate of drug-likeness (QED) is 0.423. The molecule has 36 heavy (non-hydrogen) atoms. The van der Waals surface area contributed by atoms with Crippen LogP contribution in [0.25, 0.3) is 11.0 Å². The van der Waals surface area contributed by atoms with E-state index in [1.54, 1.807) is 12.0 Å². The molecule has 1 fully saturated rings. The SMILES string of the molecule is COc1ccc(N2CCN(C(=O)c3oc4ccccc4c3NC(=O)Cc3ccc(C)cc3)CC2)cc1. The number of ether oxygens (including phenoxy) is 1. The van der Waals surface area contributed by atoms with E-state index in [9.17, 15) is 9.59 Å². The number of anilines is 2. The lowest BCUT2D eigenvalue weighted by Crippen LogP contribution is -2.48. The number of para-hydroxylation sites is 1. The van der Waals surface area contributed by atoms with E-state index in [0.717, 1.165) is 28.0 Å². The largest absolute Gasteiger partial charge is 0.497 e. The van der Waals surface area contributed by atoms with E-state index in [1.165, 1.54) is 0 Å². The third-order valence-electron chi connectivity index (χ3n) is 6.54. The number of nitrogens with one attached hydrogen (secondary N) is 1. The minimum atomic E-state index is -0.216. The molecule has 184 valence electrons. The smallest absolute Gasteiger partial charge is 0.291 e. The van der Waals surface area contributed by atoms with Crippen molar-refractivity contribution in [2.45, 2.75) is 13.3 Å². The molecule has 0 radical (unpaired) electrons. The van der Waals surface area contributed by atoms with Crippen molar-refractivity contribution in [3.63, 3.8) is 0 Å². The molecule has 0 bridgehead atoms. The van der Waals surface area contributed by atoms with Gasteiger partial charge in [0, 0.05) is 37.3 Å². The Morgan fingerprint density at radius 3 is 2.31 bits per heavy atom. The summed E-state index contributed by atoms with van der Waals surface area (Å²) in [5.41, 5.74) is 4.15. The maximum Gasteiger partial charge on any atom is 0.291 e. The summed E-state index contributed by atoms with van der Waals surface area (Å²) >= 11 is 0. The van der Waals surface area contributed by atoms with Crippen molar-refractivity contribution in [2.24, 2.45) is 0 Å². The average molecular weight is 484 g/mol. The molecule has 0 aliphatic carbocycles. The number of rotatable bonds is 6. The standard InChI is InChI=1S/C29H29N3O4/c1-20-7-9-21(10-8-20)19-26(33)30-27-24-5-3-4-6-25(24)36-28(27)29(34)32-17-15-31(16-18-32)22-11-13-23(35-2)14-12-22/h3-14H,15-19H2,1-2H3,(H,30,33). The zero-order valence-electron chi connectivity index (χ0n) is 20.5. The number of amides is 2. The summed E-state index contributed by atoms with van der Waals surface area (Å²) in [6.45, 7) is 4.52. The van der Waals surface area contributed by atoms with Crippen LogP contribution < -0.4 is 15.0 Å². The molecule has 0 saturated carbocycles. The number of piperazine rings is 1. The van der Waals surface area contributed by atoms with Crippen molar-refractivity contribution >= 4 is 34.2 Å². The Bertz CT molecular complexity index is 1370. The molecule has 5 rings (SSSR count). The zero-order chi connectivity index (χ0) is 25.1. The molecule has 2 amide bonds. The van der Waals surface area contributed by atoms with E-state index in [0.29, 0.717) is 37.4 Å². The molecule has 0 unspecified atom stereocenters. The Morgan fingerprint density at radius 2 is 1.61 bits per heavy atom. The van der Waals surface area contributed by atoms with E-state index in [1.807, 2.05) is 79.7 Å². The Kier molecular flexibility index (Phi) is 6.62. The summed E-state index contributed by atoms with van der Waals surface area (Å²) in [5, 5.41) is 3.68. The second-order valence-electron chi connectivity index (χ2n) is 8.99. The van der Waals surface area contributed by atoms with Gasteiger partial charge in [0.1, 0.15) is 17.0 Å². The van der Waals surface area contributed by atoms with Gasteiger partial charge in [-0.05, 0) is 48.9 Å². The molecule has 1 aromatic heterocycles. The monoisotopic (exact) mass is 483 g/mol. The number of methoxy groups -OCH3 is 1. The van der Waals surface area contributed by atoms with Crippen LogP contribution in [0.15, 0.2) is 77.2 Å². The van der Waals surface area contributed by atoms with Gasteiger partial charge in [0.2, 0.25) is 11.7 Å². The van der Waals surface area contributed by atoms with Crippen LogP contribution in [0.1, 0.15) is 21.7 Å². The lowest BCUT2D eigenvalue weighted by molar-refractivity contribution is -0.115. The van der Waals surface area contributed by atoms with Crippen LogP contribution in [0.2, 0.25) is 0 Å². The molecule has 1 saturated heterocycles. The predicted octanol–water partition coefficient (Wildman–Crippen LogP) is 4.89. The third kappa shape index (κ3) is 4.91. The lowest BCUT2D eigenvalue weighted by Gasteiger charge is -2.35. The summed E-state index contributed by atoms with van der Waals surface area (Å²) < 4.78 is 11.2. The number of hydrogen-bond donors (Lipinski definition) is 1. The summed E-state index contributed by atoms with van der Waals surface area (Å²) in [6.07, 6.45) is 0.216. The first kappa shape index (κ1) is 23.5. The van der Waals surface area contributed by atoms with Gasteiger partial charge in [0.25, 0.3) is 5.91 Å². The first-order valence-corrected chi connectivity index (χ1v) is 12.1. The van der Waals surface area contributed by atoms with Gasteiger partial charge >= 0.3 is 0 Å². The number of benzene rings is 3. The average Bonchev–Trinajstić information content (AvgIpc) is 3.28. The van der Waals surface area contributed by atoms with Gasteiger partial charge in [-0.2, -0.15) is 0 Å². The van der Waals surface area contributed by atoms with Crippen molar-refractivity contribution in [1.29, 1.82) is 0 Å². The van der Waals surface area contributed by atoms with E-state index in [4.69, 9.17) is 9.15 Å². The third-order valence-corrected chi connectivity index (χ3v) is 6.54. The summed E-state index contributed by atoms with van der Waals surface area (Å²) in [6, 6.07) is 23.2. The number of fused-ring (bicyclic) bond motifs is 1. The molecule has 1 N–H and O–H groups in total. The van der Waals surface area contributed by atoms with E-state index < -0.39 is 0 Å². The van der Waals surface area contributed by atoms with Gasteiger partial charge in [-0.25, -0.2) is 0 Å². The predicted molar refractivity (Wildman–Crippen MR) is 141 cm³/mol. The number of furan rings is 1. The van der Waals surface area contributed by atoms with Gasteiger partial charge < -0.3 is 24.3 Å². The highest BCUT2D eigenvalue weighted by molar-refractivity contribution is 6.11. The molecular weight excluding hydrogens is 454 g/mol. The van der Waals surface area contributed by atoms with E-state index in [2.05, 4.69) is 10.2 Å². The highest BCUT2D eigenvalue weighted by Crippen LogP contribution is 2.32. The second-order valence-corrected chi connectivity index (χ2v) is 8.99. The van der Waals surface area contributed by atoms with Crippen LogP contribution in [0.5, 0.6) is 5.75 Å². The Balaban J connectivity index is 1.32. The number of carbonyl (C=O) groups excluding carboxylic acids is 2. The normalized spacial score (nSPS) is 13.6. The fourth-order valence-corrected chi connectivity index (χ4v) is 4.50. The van der Waals surface area contributed by atoms with E-state index in [-0.39, 0.29) is 24.0 Å². The van der Waals surface area contributed by atoms with Gasteiger partial charge in [-0.1, -0.05) is 42.0 Å². The van der Waals surface area contributed by atoms with Crippen LogP contribution in [0, 0.1) is 6.92 Å². The fourth-order valence-electron chi connectivity index (χ4n) is 4.50. The van der Waals surface area contributed by atoms with Crippen LogP contribution in [0.3, 0.4) is 0 Å². The molecule has 2 heterocycles. The lowest BCUT2D eigenvalue weighted by atomic mass is 10.1. The van der Waals surface area contributed by atoms with Crippen molar-refractivity contribution in [3.05, 3.63) is 89.7 Å². The van der Waals surface area contributed by atoms with E-state index >= 15 is 0 Å². The topological polar surface area (TPSA) is 75.0 Å². The Morgan fingerprint density at radius 1 is 0.917 bits per heavy atom. The molecule has 1 aliphatic rings. The van der Waals surface area contributed by atoms with Crippen LogP contribution >= 0.6 is 0 Å².